The van der Waals surface area contributed by atoms with Gasteiger partial charge in [0.05, 0.1) is 12.4 Å². The van der Waals surface area contributed by atoms with Crippen molar-refractivity contribution in [3.05, 3.63) is 59.1 Å². The second-order valence-electron chi connectivity index (χ2n) is 3.88. The Labute approximate surface area is 119 Å². The van der Waals surface area contributed by atoms with E-state index in [1.54, 1.807) is 30.3 Å². The minimum atomic E-state index is -1.16. The molecule has 2 rings (SSSR count). The number of carboxylic acid groups (broad SMARTS) is 1. The first-order valence-electron chi connectivity index (χ1n) is 5.64. The molecule has 6 nitrogen and oxygen atoms in total. The Hall–Kier alpha value is -2.47. The molecule has 0 fully saturated rings. The molecule has 1 atom stereocenters. The van der Waals surface area contributed by atoms with Gasteiger partial charge in [0, 0.05) is 0 Å². The second kappa shape index (κ2) is 6.12. The highest BCUT2D eigenvalue weighted by molar-refractivity contribution is 6.29. The summed E-state index contributed by atoms with van der Waals surface area (Å²) in [5.74, 6) is -1.79. The summed E-state index contributed by atoms with van der Waals surface area (Å²) in [4.78, 5) is 30.7. The Morgan fingerprint density at radius 2 is 1.85 bits per heavy atom. The third kappa shape index (κ3) is 3.30. The number of carbonyl (C=O) groups excluding carboxylic acids is 1. The fraction of sp³-hybridized carbons (Fsp3) is 0.0769. The van der Waals surface area contributed by atoms with Crippen molar-refractivity contribution in [1.82, 2.24) is 15.3 Å². The van der Waals surface area contributed by atoms with E-state index in [9.17, 15) is 14.7 Å². The van der Waals surface area contributed by atoms with Crippen molar-refractivity contribution in [2.24, 2.45) is 0 Å². The summed E-state index contributed by atoms with van der Waals surface area (Å²) in [5, 5.41) is 11.7. The lowest BCUT2D eigenvalue weighted by Crippen LogP contribution is -2.34. The van der Waals surface area contributed by atoms with Gasteiger partial charge in [-0.25, -0.2) is 14.8 Å². The number of hydrogen-bond donors (Lipinski definition) is 2. The number of benzene rings is 1. The molecule has 2 N–H and O–H groups in total. The van der Waals surface area contributed by atoms with Crippen LogP contribution in [0.1, 0.15) is 22.1 Å². The molecule has 1 aromatic heterocycles. The largest absolute Gasteiger partial charge is 0.479 e. The van der Waals surface area contributed by atoms with E-state index >= 15 is 0 Å². The number of aliphatic carboxylic acids is 1. The zero-order valence-electron chi connectivity index (χ0n) is 10.2. The maximum atomic E-state index is 11.9. The summed E-state index contributed by atoms with van der Waals surface area (Å²) >= 11 is 5.57. The van der Waals surface area contributed by atoms with Crippen LogP contribution in [0.4, 0.5) is 0 Å². The predicted octanol–water partition coefficient (Wildman–Crippen LogP) is 1.69. The highest BCUT2D eigenvalue weighted by Gasteiger charge is 2.23. The van der Waals surface area contributed by atoms with Crippen molar-refractivity contribution in [3.63, 3.8) is 0 Å². The van der Waals surface area contributed by atoms with Gasteiger partial charge in [-0.15, -0.1) is 0 Å². The molecule has 1 heterocycles. The quantitative estimate of drug-likeness (QED) is 0.894. The van der Waals surface area contributed by atoms with Gasteiger partial charge in [0.25, 0.3) is 5.91 Å². The average molecular weight is 292 g/mol. The fourth-order valence-corrected chi connectivity index (χ4v) is 1.67. The lowest BCUT2D eigenvalue weighted by atomic mass is 10.1. The molecule has 0 saturated carbocycles. The summed E-state index contributed by atoms with van der Waals surface area (Å²) in [5.41, 5.74) is 0.465. The molecule has 102 valence electrons. The van der Waals surface area contributed by atoms with Crippen LogP contribution in [-0.4, -0.2) is 27.0 Å². The monoisotopic (exact) mass is 291 g/mol. The topological polar surface area (TPSA) is 92.2 Å². The zero-order valence-corrected chi connectivity index (χ0v) is 10.9. The zero-order chi connectivity index (χ0) is 14.5. The molecule has 2 aromatic rings. The summed E-state index contributed by atoms with van der Waals surface area (Å²) in [6.45, 7) is 0. The average Bonchev–Trinajstić information content (AvgIpc) is 2.46. The van der Waals surface area contributed by atoms with E-state index in [-0.39, 0.29) is 10.8 Å². The van der Waals surface area contributed by atoms with Crippen molar-refractivity contribution in [1.29, 1.82) is 0 Å². The third-order valence-electron chi connectivity index (χ3n) is 2.51. The summed E-state index contributed by atoms with van der Waals surface area (Å²) < 4.78 is 0. The molecule has 0 aliphatic rings. The molecular weight excluding hydrogens is 282 g/mol. The predicted molar refractivity (Wildman–Crippen MR) is 71.3 cm³/mol. The lowest BCUT2D eigenvalue weighted by Gasteiger charge is -2.14. The lowest BCUT2D eigenvalue weighted by molar-refractivity contribution is -0.139. The summed E-state index contributed by atoms with van der Waals surface area (Å²) in [7, 11) is 0. The minimum absolute atomic E-state index is 0.00317. The Balaban J connectivity index is 2.19. The number of carboxylic acids is 1. The van der Waals surface area contributed by atoms with Gasteiger partial charge in [-0.2, -0.15) is 0 Å². The van der Waals surface area contributed by atoms with Crippen LogP contribution >= 0.6 is 11.6 Å². The molecule has 0 saturated heterocycles. The minimum Gasteiger partial charge on any atom is -0.479 e. The number of nitrogens with one attached hydrogen (secondary N) is 1. The molecular formula is C13H10ClN3O3. The molecule has 1 amide bonds. The normalized spacial score (nSPS) is 11.7. The van der Waals surface area contributed by atoms with Gasteiger partial charge in [0.2, 0.25) is 0 Å². The van der Waals surface area contributed by atoms with Crippen LogP contribution in [0.25, 0.3) is 0 Å². The first-order chi connectivity index (χ1) is 9.58. The van der Waals surface area contributed by atoms with Crippen LogP contribution in [0.2, 0.25) is 5.15 Å². The van der Waals surface area contributed by atoms with Crippen molar-refractivity contribution in [3.8, 4) is 0 Å². The third-order valence-corrected chi connectivity index (χ3v) is 2.70. The van der Waals surface area contributed by atoms with E-state index in [4.69, 9.17) is 11.6 Å². The van der Waals surface area contributed by atoms with Crippen LogP contribution in [0.15, 0.2) is 42.7 Å². The van der Waals surface area contributed by atoms with Gasteiger partial charge in [0.15, 0.2) is 6.04 Å². The first kappa shape index (κ1) is 14.0. The number of nitrogens with zero attached hydrogens (tertiary/aromatic N) is 2. The SMILES string of the molecule is O=C(NC(C(=O)O)c1ccccc1)c1cnc(Cl)cn1. The van der Waals surface area contributed by atoms with Crippen LogP contribution < -0.4 is 5.32 Å². The number of rotatable bonds is 4. The Morgan fingerprint density at radius 1 is 1.15 bits per heavy atom. The second-order valence-corrected chi connectivity index (χ2v) is 4.27. The van der Waals surface area contributed by atoms with E-state index in [0.717, 1.165) is 0 Å². The number of aromatic nitrogens is 2. The number of carbonyl (C=O) groups is 2. The molecule has 0 spiro atoms. The molecule has 0 aliphatic carbocycles. The van der Waals surface area contributed by atoms with Crippen LogP contribution in [-0.2, 0) is 4.79 Å². The van der Waals surface area contributed by atoms with Gasteiger partial charge in [0.1, 0.15) is 10.8 Å². The molecule has 0 bridgehead atoms. The highest BCUT2D eigenvalue weighted by Crippen LogP contribution is 2.13. The van der Waals surface area contributed by atoms with Gasteiger partial charge in [-0.1, -0.05) is 41.9 Å². The molecule has 7 heteroatoms. The summed E-state index contributed by atoms with van der Waals surface area (Å²) in [6, 6.07) is 7.23. The van der Waals surface area contributed by atoms with E-state index in [1.807, 2.05) is 0 Å². The molecule has 1 aromatic carbocycles. The maximum Gasteiger partial charge on any atom is 0.330 e. The molecule has 0 radical (unpaired) electrons. The van der Waals surface area contributed by atoms with Crippen molar-refractivity contribution in [2.75, 3.05) is 0 Å². The number of hydrogen-bond acceptors (Lipinski definition) is 4. The van der Waals surface area contributed by atoms with Gasteiger partial charge in [-0.05, 0) is 5.56 Å². The molecule has 0 aliphatic heterocycles. The maximum absolute atomic E-state index is 11.9. The van der Waals surface area contributed by atoms with Crippen molar-refractivity contribution < 1.29 is 14.7 Å². The van der Waals surface area contributed by atoms with E-state index < -0.39 is 17.9 Å². The first-order valence-corrected chi connectivity index (χ1v) is 6.02. The van der Waals surface area contributed by atoms with E-state index in [0.29, 0.717) is 5.56 Å². The standard InChI is InChI=1S/C13H10ClN3O3/c14-10-7-15-9(6-16-10)12(18)17-11(13(19)20)8-4-2-1-3-5-8/h1-7,11H,(H,17,18)(H,19,20). The van der Waals surface area contributed by atoms with Crippen LogP contribution in [0.5, 0.6) is 0 Å². The molecule has 20 heavy (non-hydrogen) atoms. The van der Waals surface area contributed by atoms with Crippen molar-refractivity contribution in [2.45, 2.75) is 6.04 Å². The van der Waals surface area contributed by atoms with E-state index in [2.05, 4.69) is 15.3 Å². The van der Waals surface area contributed by atoms with Gasteiger partial charge >= 0.3 is 5.97 Å². The Kier molecular flexibility index (Phi) is 4.27. The van der Waals surface area contributed by atoms with Crippen molar-refractivity contribution >= 4 is 23.5 Å². The van der Waals surface area contributed by atoms with E-state index in [1.165, 1.54) is 12.4 Å². The smallest absolute Gasteiger partial charge is 0.330 e. The number of halogens is 1. The highest BCUT2D eigenvalue weighted by atomic mass is 35.5. The summed E-state index contributed by atoms with van der Waals surface area (Å²) in [6.07, 6.45) is 2.40. The van der Waals surface area contributed by atoms with Crippen LogP contribution in [0.3, 0.4) is 0 Å². The fourth-order valence-electron chi connectivity index (χ4n) is 1.57. The number of amides is 1. The van der Waals surface area contributed by atoms with Gasteiger partial charge in [-0.3, -0.25) is 4.79 Å². The van der Waals surface area contributed by atoms with Gasteiger partial charge < -0.3 is 10.4 Å². The molecule has 1 unspecified atom stereocenters. The Morgan fingerprint density at radius 3 is 2.40 bits per heavy atom. The van der Waals surface area contributed by atoms with Crippen LogP contribution in [0, 0.1) is 0 Å². The Bertz CT molecular complexity index is 617.